The molecule has 1 saturated heterocycles. The zero-order chi connectivity index (χ0) is 22.4. The van der Waals surface area contributed by atoms with Crippen LogP contribution in [-0.2, 0) is 4.79 Å². The van der Waals surface area contributed by atoms with E-state index >= 15 is 0 Å². The van der Waals surface area contributed by atoms with Gasteiger partial charge in [-0.05, 0) is 50.3 Å². The fourth-order valence-electron chi connectivity index (χ4n) is 4.63. The molecule has 0 unspecified atom stereocenters. The summed E-state index contributed by atoms with van der Waals surface area (Å²) >= 11 is 12.0. The Balaban J connectivity index is 1.48. The Morgan fingerprint density at radius 3 is 2.35 bits per heavy atom. The molecule has 1 aliphatic carbocycles. The van der Waals surface area contributed by atoms with Gasteiger partial charge in [-0.3, -0.25) is 4.79 Å². The van der Waals surface area contributed by atoms with E-state index in [4.69, 9.17) is 23.2 Å². The summed E-state index contributed by atoms with van der Waals surface area (Å²) in [5, 5.41) is 14.8. The molecule has 2 aliphatic rings. The Kier molecular flexibility index (Phi) is 8.48. The maximum Gasteiger partial charge on any atom is 0.321 e. The molecule has 31 heavy (non-hydrogen) atoms. The van der Waals surface area contributed by atoms with Crippen molar-refractivity contribution in [1.29, 1.82) is 0 Å². The van der Waals surface area contributed by atoms with E-state index in [0.717, 1.165) is 6.42 Å². The van der Waals surface area contributed by atoms with Gasteiger partial charge in [0.05, 0.1) is 5.60 Å². The molecular weight excluding hydrogens is 437 g/mol. The number of likely N-dealkylation sites (tertiary alicyclic amines) is 1. The van der Waals surface area contributed by atoms with E-state index in [9.17, 15) is 14.7 Å². The van der Waals surface area contributed by atoms with Crippen molar-refractivity contribution >= 4 is 40.8 Å². The first-order chi connectivity index (χ1) is 14.8. The number of hydrogen-bond donors (Lipinski definition) is 2. The van der Waals surface area contributed by atoms with Gasteiger partial charge in [-0.1, -0.05) is 48.9 Å². The maximum absolute atomic E-state index is 12.7. The molecule has 0 atom stereocenters. The van der Waals surface area contributed by atoms with Crippen molar-refractivity contribution in [1.82, 2.24) is 9.80 Å². The minimum absolute atomic E-state index is 0.126. The van der Waals surface area contributed by atoms with Crippen molar-refractivity contribution in [3.8, 4) is 0 Å². The highest BCUT2D eigenvalue weighted by molar-refractivity contribution is 6.35. The lowest BCUT2D eigenvalue weighted by atomic mass is 9.90. The first-order valence-electron chi connectivity index (χ1n) is 11.3. The van der Waals surface area contributed by atoms with Crippen molar-refractivity contribution in [2.45, 2.75) is 63.9 Å². The van der Waals surface area contributed by atoms with Crippen molar-refractivity contribution in [3.05, 3.63) is 28.2 Å². The molecular formula is C23H33Cl2N3O3. The monoisotopic (exact) mass is 469 g/mol. The molecule has 1 saturated carbocycles. The minimum atomic E-state index is -0.963. The van der Waals surface area contributed by atoms with E-state index in [1.165, 1.54) is 25.7 Å². The van der Waals surface area contributed by atoms with Crippen molar-refractivity contribution in [2.24, 2.45) is 5.92 Å². The van der Waals surface area contributed by atoms with Gasteiger partial charge in [-0.25, -0.2) is 4.79 Å². The molecule has 0 spiro atoms. The number of amides is 3. The van der Waals surface area contributed by atoms with Crippen LogP contribution in [0.15, 0.2) is 18.2 Å². The number of anilines is 1. The average Bonchev–Trinajstić information content (AvgIpc) is 3.23. The van der Waals surface area contributed by atoms with Gasteiger partial charge >= 0.3 is 6.03 Å². The van der Waals surface area contributed by atoms with Gasteiger partial charge < -0.3 is 20.2 Å². The van der Waals surface area contributed by atoms with Crippen molar-refractivity contribution in [2.75, 3.05) is 31.5 Å². The summed E-state index contributed by atoms with van der Waals surface area (Å²) in [5.41, 5.74) is -0.428. The predicted molar refractivity (Wildman–Crippen MR) is 125 cm³/mol. The van der Waals surface area contributed by atoms with Gasteiger partial charge in [0, 0.05) is 48.3 Å². The quantitative estimate of drug-likeness (QED) is 0.578. The number of hydrogen-bond acceptors (Lipinski definition) is 3. The van der Waals surface area contributed by atoms with Gasteiger partial charge in [0.15, 0.2) is 0 Å². The van der Waals surface area contributed by atoms with Crippen LogP contribution in [0.2, 0.25) is 10.0 Å². The SMILES string of the molecule is CCN(CC1(O)CCN(C(=O)Nc2cc(Cl)cc(Cl)c2)CC1)C(=O)CCC1CCCC1. The zero-order valence-electron chi connectivity index (χ0n) is 18.2. The van der Waals surface area contributed by atoms with Crippen molar-refractivity contribution in [3.63, 3.8) is 0 Å². The van der Waals surface area contributed by atoms with E-state index in [-0.39, 0.29) is 11.9 Å². The van der Waals surface area contributed by atoms with Gasteiger partial charge in [0.25, 0.3) is 0 Å². The lowest BCUT2D eigenvalue weighted by molar-refractivity contribution is -0.136. The van der Waals surface area contributed by atoms with Crippen LogP contribution in [-0.4, -0.2) is 58.6 Å². The molecule has 1 aromatic carbocycles. The number of benzene rings is 1. The van der Waals surface area contributed by atoms with Crippen LogP contribution in [0.5, 0.6) is 0 Å². The van der Waals surface area contributed by atoms with Crippen LogP contribution in [0.1, 0.15) is 58.3 Å². The van der Waals surface area contributed by atoms with Crippen LogP contribution >= 0.6 is 23.2 Å². The number of urea groups is 1. The molecule has 3 rings (SSSR count). The molecule has 3 amide bonds. The van der Waals surface area contributed by atoms with Crippen molar-refractivity contribution < 1.29 is 14.7 Å². The third-order valence-electron chi connectivity index (χ3n) is 6.56. The van der Waals surface area contributed by atoms with E-state index in [1.54, 1.807) is 28.0 Å². The van der Waals surface area contributed by atoms with Crippen LogP contribution in [0.4, 0.5) is 10.5 Å². The molecule has 8 heteroatoms. The zero-order valence-corrected chi connectivity index (χ0v) is 19.7. The van der Waals surface area contributed by atoms with Crippen LogP contribution in [0.3, 0.4) is 0 Å². The fourth-order valence-corrected chi connectivity index (χ4v) is 5.16. The lowest BCUT2D eigenvalue weighted by Gasteiger charge is -2.40. The average molecular weight is 470 g/mol. The second-order valence-corrected chi connectivity index (χ2v) is 9.77. The smallest absolute Gasteiger partial charge is 0.321 e. The topological polar surface area (TPSA) is 72.9 Å². The maximum atomic E-state index is 12.7. The number of piperidine rings is 1. The minimum Gasteiger partial charge on any atom is -0.388 e. The Hall–Kier alpha value is -1.50. The molecule has 0 aromatic heterocycles. The molecule has 172 valence electrons. The molecule has 6 nitrogen and oxygen atoms in total. The summed E-state index contributed by atoms with van der Waals surface area (Å²) < 4.78 is 0. The summed E-state index contributed by atoms with van der Waals surface area (Å²) in [5.74, 6) is 0.808. The van der Waals surface area contributed by atoms with E-state index in [2.05, 4.69) is 5.32 Å². The Labute approximate surface area is 194 Å². The summed E-state index contributed by atoms with van der Waals surface area (Å²) in [6.45, 7) is 3.71. The molecule has 1 aliphatic heterocycles. The summed E-state index contributed by atoms with van der Waals surface area (Å²) in [6, 6.07) is 4.64. The third kappa shape index (κ3) is 6.99. The largest absolute Gasteiger partial charge is 0.388 e. The van der Waals surface area contributed by atoms with Gasteiger partial charge in [-0.15, -0.1) is 0 Å². The Morgan fingerprint density at radius 2 is 1.77 bits per heavy atom. The van der Waals surface area contributed by atoms with E-state index < -0.39 is 5.60 Å². The predicted octanol–water partition coefficient (Wildman–Crippen LogP) is 5.17. The number of aliphatic hydroxyl groups is 1. The van der Waals surface area contributed by atoms with E-state index in [0.29, 0.717) is 67.1 Å². The lowest BCUT2D eigenvalue weighted by Crippen LogP contribution is -2.53. The molecule has 0 radical (unpaired) electrons. The van der Waals surface area contributed by atoms with Crippen LogP contribution in [0.25, 0.3) is 0 Å². The second-order valence-electron chi connectivity index (χ2n) is 8.90. The highest BCUT2D eigenvalue weighted by Crippen LogP contribution is 2.30. The number of carbonyl (C=O) groups is 2. The third-order valence-corrected chi connectivity index (χ3v) is 6.99. The van der Waals surface area contributed by atoms with Crippen LogP contribution in [0, 0.1) is 5.92 Å². The van der Waals surface area contributed by atoms with Gasteiger partial charge in [-0.2, -0.15) is 0 Å². The first-order valence-corrected chi connectivity index (χ1v) is 12.1. The highest BCUT2D eigenvalue weighted by atomic mass is 35.5. The number of rotatable bonds is 7. The summed E-state index contributed by atoms with van der Waals surface area (Å²) in [7, 11) is 0. The normalized spacial score (nSPS) is 18.8. The van der Waals surface area contributed by atoms with Gasteiger partial charge in [0.2, 0.25) is 5.91 Å². The standard InChI is InChI=1S/C23H33Cl2N3O3/c1-2-27(21(29)8-7-17-5-3-4-6-17)16-23(31)9-11-28(12-10-23)22(30)26-20-14-18(24)13-19(25)15-20/h13-15,17,31H,2-12,16H2,1H3,(H,26,30). The highest BCUT2D eigenvalue weighted by Gasteiger charge is 2.36. The van der Waals surface area contributed by atoms with Crippen LogP contribution < -0.4 is 5.32 Å². The molecule has 2 N–H and O–H groups in total. The number of carbonyl (C=O) groups excluding carboxylic acids is 2. The number of nitrogens with zero attached hydrogens (tertiary/aromatic N) is 2. The summed E-state index contributed by atoms with van der Waals surface area (Å²) in [4.78, 5) is 28.7. The fraction of sp³-hybridized carbons (Fsp3) is 0.652. The second kappa shape index (κ2) is 10.9. The van der Waals surface area contributed by atoms with E-state index in [1.807, 2.05) is 6.92 Å². The molecule has 0 bridgehead atoms. The molecule has 2 fully saturated rings. The number of nitrogens with one attached hydrogen (secondary N) is 1. The van der Waals surface area contributed by atoms with Gasteiger partial charge in [0.1, 0.15) is 0 Å². The Bertz CT molecular complexity index is 755. The molecule has 1 aromatic rings. The number of halogens is 2. The number of likely N-dealkylation sites (N-methyl/N-ethyl adjacent to an activating group) is 1. The first kappa shape index (κ1) is 24.1. The molecule has 1 heterocycles. The summed E-state index contributed by atoms with van der Waals surface area (Å²) in [6.07, 6.45) is 7.42. The Morgan fingerprint density at radius 1 is 1.16 bits per heavy atom.